The van der Waals surface area contributed by atoms with Crippen LogP contribution in [0.4, 0.5) is 5.69 Å². The number of hydrogen-bond acceptors (Lipinski definition) is 4. The van der Waals surface area contributed by atoms with Crippen LogP contribution in [0, 0.1) is 0 Å². The van der Waals surface area contributed by atoms with Gasteiger partial charge >= 0.3 is 5.97 Å². The van der Waals surface area contributed by atoms with Gasteiger partial charge < -0.3 is 9.47 Å². The van der Waals surface area contributed by atoms with Crippen molar-refractivity contribution in [3.8, 4) is 5.75 Å². The van der Waals surface area contributed by atoms with E-state index in [9.17, 15) is 4.79 Å². The largest absolute Gasteiger partial charge is 0.494 e. The summed E-state index contributed by atoms with van der Waals surface area (Å²) >= 11 is 0. The zero-order chi connectivity index (χ0) is 12.0. The zero-order valence-electron chi connectivity index (χ0n) is 9.69. The zero-order valence-corrected chi connectivity index (χ0v) is 9.69. The average Bonchev–Trinajstić information content (AvgIpc) is 2.29. The van der Waals surface area contributed by atoms with Gasteiger partial charge in [-0.25, -0.2) is 0 Å². The summed E-state index contributed by atoms with van der Waals surface area (Å²) in [6.45, 7) is 1.78. The highest BCUT2D eigenvalue weighted by Gasteiger charge is 2.04. The molecule has 4 nitrogen and oxygen atoms in total. The van der Waals surface area contributed by atoms with Crippen LogP contribution in [0.2, 0.25) is 0 Å². The minimum Gasteiger partial charge on any atom is -0.494 e. The Morgan fingerprint density at radius 2 is 2.00 bits per heavy atom. The molecule has 0 fully saturated rings. The lowest BCUT2D eigenvalue weighted by molar-refractivity contribution is -0.139. The molecule has 0 atom stereocenters. The molecular formula is C12H15NO3. The topological polar surface area (TPSA) is 47.9 Å². The molecule has 0 aromatic heterocycles. The summed E-state index contributed by atoms with van der Waals surface area (Å²) in [5.41, 5.74) is 1.41. The first-order valence-electron chi connectivity index (χ1n) is 4.91. The second-order valence-corrected chi connectivity index (χ2v) is 3.27. The van der Waals surface area contributed by atoms with Crippen LogP contribution in [-0.4, -0.2) is 25.9 Å². The van der Waals surface area contributed by atoms with E-state index < -0.39 is 0 Å². The number of benzene rings is 1. The summed E-state index contributed by atoms with van der Waals surface area (Å²) in [4.78, 5) is 15.3. The Bertz CT molecular complexity index is 399. The summed E-state index contributed by atoms with van der Waals surface area (Å²) in [6, 6.07) is 7.39. The van der Waals surface area contributed by atoms with Crippen molar-refractivity contribution >= 4 is 17.4 Å². The van der Waals surface area contributed by atoms with Crippen LogP contribution in [0.3, 0.4) is 0 Å². The normalized spacial score (nSPS) is 11.1. The van der Waals surface area contributed by atoms with E-state index in [0.717, 1.165) is 0 Å². The summed E-state index contributed by atoms with van der Waals surface area (Å²) in [6.07, 6.45) is 0.189. The summed E-state index contributed by atoms with van der Waals surface area (Å²) in [5, 5.41) is 0. The molecule has 0 saturated heterocycles. The molecule has 0 aliphatic rings. The van der Waals surface area contributed by atoms with E-state index in [2.05, 4.69) is 9.73 Å². The van der Waals surface area contributed by atoms with Crippen LogP contribution in [0.1, 0.15) is 13.3 Å². The molecule has 0 amide bonds. The number of ether oxygens (including phenoxy) is 2. The molecule has 0 bridgehead atoms. The Balaban J connectivity index is 2.85. The average molecular weight is 221 g/mol. The first-order chi connectivity index (χ1) is 7.67. The second-order valence-electron chi connectivity index (χ2n) is 3.27. The van der Waals surface area contributed by atoms with Crippen LogP contribution in [-0.2, 0) is 9.53 Å². The predicted molar refractivity (Wildman–Crippen MR) is 62.4 cm³/mol. The van der Waals surface area contributed by atoms with E-state index in [1.165, 1.54) is 7.11 Å². The Morgan fingerprint density at radius 1 is 1.31 bits per heavy atom. The quantitative estimate of drug-likeness (QED) is 0.579. The molecule has 0 radical (unpaired) electrons. The van der Waals surface area contributed by atoms with Gasteiger partial charge in [0, 0.05) is 5.71 Å². The van der Waals surface area contributed by atoms with Crippen molar-refractivity contribution in [1.29, 1.82) is 0 Å². The molecule has 1 aromatic rings. The van der Waals surface area contributed by atoms with Gasteiger partial charge in [-0.2, -0.15) is 0 Å². The number of hydrogen-bond donors (Lipinski definition) is 0. The van der Waals surface area contributed by atoms with Gasteiger partial charge in [-0.15, -0.1) is 0 Å². The minimum atomic E-state index is -0.295. The number of methoxy groups -OCH3 is 2. The van der Waals surface area contributed by atoms with Gasteiger partial charge in [-0.1, -0.05) is 12.1 Å². The van der Waals surface area contributed by atoms with Gasteiger partial charge in [0.2, 0.25) is 0 Å². The van der Waals surface area contributed by atoms with Gasteiger partial charge in [-0.3, -0.25) is 9.79 Å². The van der Waals surface area contributed by atoms with Crippen molar-refractivity contribution in [2.45, 2.75) is 13.3 Å². The number of nitrogens with zero attached hydrogens (tertiary/aromatic N) is 1. The monoisotopic (exact) mass is 221 g/mol. The van der Waals surface area contributed by atoms with E-state index in [1.54, 1.807) is 14.0 Å². The van der Waals surface area contributed by atoms with Gasteiger partial charge in [0.15, 0.2) is 0 Å². The summed E-state index contributed by atoms with van der Waals surface area (Å²) in [7, 11) is 2.95. The Kier molecular flexibility index (Phi) is 4.51. The Morgan fingerprint density at radius 3 is 2.62 bits per heavy atom. The lowest BCUT2D eigenvalue weighted by Crippen LogP contribution is -2.05. The Labute approximate surface area is 94.9 Å². The number of rotatable bonds is 4. The number of aliphatic imine (C=N–C) groups is 1. The molecule has 1 rings (SSSR count). The van der Waals surface area contributed by atoms with Crippen molar-refractivity contribution in [1.82, 2.24) is 0 Å². The summed E-state index contributed by atoms with van der Waals surface area (Å²) < 4.78 is 9.72. The molecule has 0 aliphatic heterocycles. The maximum absolute atomic E-state index is 11.0. The first-order valence-corrected chi connectivity index (χ1v) is 4.91. The van der Waals surface area contributed by atoms with Crippen LogP contribution in [0.15, 0.2) is 29.3 Å². The molecule has 0 unspecified atom stereocenters. The molecule has 4 heteroatoms. The van der Waals surface area contributed by atoms with Crippen molar-refractivity contribution in [3.05, 3.63) is 24.3 Å². The highest BCUT2D eigenvalue weighted by molar-refractivity contribution is 5.98. The molecule has 86 valence electrons. The van der Waals surface area contributed by atoms with Crippen molar-refractivity contribution in [3.63, 3.8) is 0 Å². The number of carbonyl (C=O) groups is 1. The van der Waals surface area contributed by atoms with Crippen molar-refractivity contribution in [2.75, 3.05) is 14.2 Å². The van der Waals surface area contributed by atoms with E-state index in [-0.39, 0.29) is 12.4 Å². The molecule has 16 heavy (non-hydrogen) atoms. The SMILES string of the molecule is COC(=O)CC(C)=Nc1ccccc1OC. The van der Waals surface area contributed by atoms with Crippen molar-refractivity contribution in [2.24, 2.45) is 4.99 Å². The standard InChI is InChI=1S/C12H15NO3/c1-9(8-12(14)16-3)13-10-6-4-5-7-11(10)15-2/h4-7H,8H2,1-3H3. The first kappa shape index (κ1) is 12.2. The number of carbonyl (C=O) groups excluding carboxylic acids is 1. The van der Waals surface area contributed by atoms with Crippen molar-refractivity contribution < 1.29 is 14.3 Å². The van der Waals surface area contributed by atoms with E-state index in [0.29, 0.717) is 17.1 Å². The third kappa shape index (κ3) is 3.38. The maximum atomic E-state index is 11.0. The molecule has 1 aromatic carbocycles. The molecular weight excluding hydrogens is 206 g/mol. The van der Waals surface area contributed by atoms with Gasteiger partial charge in [0.25, 0.3) is 0 Å². The highest BCUT2D eigenvalue weighted by atomic mass is 16.5. The second kappa shape index (κ2) is 5.90. The van der Waals surface area contributed by atoms with E-state index in [4.69, 9.17) is 4.74 Å². The van der Waals surface area contributed by atoms with Gasteiger partial charge in [0.1, 0.15) is 11.4 Å². The van der Waals surface area contributed by atoms with Crippen LogP contribution in [0.5, 0.6) is 5.75 Å². The molecule has 0 N–H and O–H groups in total. The van der Waals surface area contributed by atoms with E-state index >= 15 is 0 Å². The fourth-order valence-electron chi connectivity index (χ4n) is 1.25. The third-order valence-corrected chi connectivity index (χ3v) is 2.02. The third-order valence-electron chi connectivity index (χ3n) is 2.02. The number of para-hydroxylation sites is 2. The summed E-state index contributed by atoms with van der Waals surface area (Å²) in [5.74, 6) is 0.392. The molecule has 0 spiro atoms. The number of esters is 1. The smallest absolute Gasteiger partial charge is 0.311 e. The van der Waals surface area contributed by atoms with Crippen LogP contribution >= 0.6 is 0 Å². The highest BCUT2D eigenvalue weighted by Crippen LogP contribution is 2.26. The fraction of sp³-hybridized carbons (Fsp3) is 0.333. The van der Waals surface area contributed by atoms with Crippen LogP contribution < -0.4 is 4.74 Å². The minimum absolute atomic E-state index is 0.189. The van der Waals surface area contributed by atoms with Crippen LogP contribution in [0.25, 0.3) is 0 Å². The lowest BCUT2D eigenvalue weighted by Gasteiger charge is -2.04. The molecule has 0 heterocycles. The fourth-order valence-corrected chi connectivity index (χ4v) is 1.25. The lowest BCUT2D eigenvalue weighted by atomic mass is 10.2. The predicted octanol–water partition coefficient (Wildman–Crippen LogP) is 2.35. The maximum Gasteiger partial charge on any atom is 0.311 e. The van der Waals surface area contributed by atoms with Gasteiger partial charge in [0.05, 0.1) is 20.6 Å². The molecule has 0 aliphatic carbocycles. The molecule has 0 saturated carbocycles. The Hall–Kier alpha value is -1.84. The van der Waals surface area contributed by atoms with E-state index in [1.807, 2.05) is 24.3 Å². The van der Waals surface area contributed by atoms with Gasteiger partial charge in [-0.05, 0) is 19.1 Å².